The van der Waals surface area contributed by atoms with Gasteiger partial charge in [-0.15, -0.1) is 0 Å². The van der Waals surface area contributed by atoms with Crippen molar-refractivity contribution >= 4 is 0 Å². The van der Waals surface area contributed by atoms with Crippen molar-refractivity contribution < 1.29 is 5.11 Å². The number of aliphatic hydroxyl groups is 1. The zero-order chi connectivity index (χ0) is 12.8. The summed E-state index contributed by atoms with van der Waals surface area (Å²) in [5, 5.41) is 13.8. The molecule has 0 radical (unpaired) electrons. The smallest absolute Gasteiger partial charge is 0.0613 e. The number of aliphatic hydroxyl groups excluding tert-OH is 1. The molecule has 2 heteroatoms. The highest BCUT2D eigenvalue weighted by Gasteiger charge is 2.36. The minimum atomic E-state index is 0.0495. The van der Waals surface area contributed by atoms with Crippen LogP contribution in [0.3, 0.4) is 0 Å². The molecule has 2 aliphatic rings. The van der Waals surface area contributed by atoms with Crippen LogP contribution in [0.25, 0.3) is 0 Å². The van der Waals surface area contributed by atoms with E-state index >= 15 is 0 Å². The summed E-state index contributed by atoms with van der Waals surface area (Å²) < 4.78 is 0. The predicted octanol–water partition coefficient (Wildman–Crippen LogP) is 3.63. The average Bonchev–Trinajstić information content (AvgIpc) is 2.67. The lowest BCUT2D eigenvalue weighted by Crippen LogP contribution is -2.55. The summed E-state index contributed by atoms with van der Waals surface area (Å²) in [6.45, 7) is 2.63. The highest BCUT2D eigenvalue weighted by atomic mass is 16.3. The van der Waals surface area contributed by atoms with Crippen molar-refractivity contribution in [1.82, 2.24) is 5.32 Å². The molecule has 0 aromatic rings. The molecular formula is C16H31NO. The number of rotatable bonds is 4. The average molecular weight is 253 g/mol. The monoisotopic (exact) mass is 253 g/mol. The first-order valence-corrected chi connectivity index (χ1v) is 8.16. The lowest BCUT2D eigenvalue weighted by Gasteiger charge is -2.43. The van der Waals surface area contributed by atoms with E-state index in [9.17, 15) is 5.11 Å². The molecule has 2 fully saturated rings. The van der Waals surface area contributed by atoms with E-state index in [1.807, 2.05) is 0 Å². The van der Waals surface area contributed by atoms with E-state index in [0.29, 0.717) is 12.6 Å². The van der Waals surface area contributed by atoms with Crippen molar-refractivity contribution in [2.75, 3.05) is 6.61 Å². The molecule has 0 aromatic heterocycles. The van der Waals surface area contributed by atoms with Crippen molar-refractivity contribution in [2.45, 2.75) is 89.1 Å². The van der Waals surface area contributed by atoms with Gasteiger partial charge in [-0.2, -0.15) is 0 Å². The van der Waals surface area contributed by atoms with Crippen LogP contribution in [0.15, 0.2) is 0 Å². The molecule has 0 aliphatic heterocycles. The Morgan fingerprint density at radius 1 is 1.06 bits per heavy atom. The van der Waals surface area contributed by atoms with Crippen LogP contribution < -0.4 is 5.32 Å². The molecule has 2 N–H and O–H groups in total. The fourth-order valence-electron chi connectivity index (χ4n) is 4.01. The molecule has 0 spiro atoms. The lowest BCUT2D eigenvalue weighted by molar-refractivity contribution is 0.0807. The number of nitrogens with one attached hydrogen (secondary N) is 1. The largest absolute Gasteiger partial charge is 0.394 e. The zero-order valence-electron chi connectivity index (χ0n) is 12.1. The maximum atomic E-state index is 9.89. The molecule has 0 saturated heterocycles. The second-order valence-corrected chi connectivity index (χ2v) is 6.64. The third-order valence-electron chi connectivity index (χ3n) is 5.19. The molecule has 106 valence electrons. The van der Waals surface area contributed by atoms with Gasteiger partial charge in [-0.25, -0.2) is 0 Å². The summed E-state index contributed by atoms with van der Waals surface area (Å²) in [4.78, 5) is 0. The van der Waals surface area contributed by atoms with Gasteiger partial charge in [0.2, 0.25) is 0 Å². The van der Waals surface area contributed by atoms with Gasteiger partial charge in [-0.3, -0.25) is 0 Å². The molecule has 0 bridgehead atoms. The summed E-state index contributed by atoms with van der Waals surface area (Å²) in [5.74, 6) is 0.823. The molecule has 0 heterocycles. The van der Waals surface area contributed by atoms with Gasteiger partial charge < -0.3 is 10.4 Å². The normalized spacial score (nSPS) is 35.3. The maximum Gasteiger partial charge on any atom is 0.0613 e. The van der Waals surface area contributed by atoms with E-state index in [2.05, 4.69) is 12.2 Å². The summed E-state index contributed by atoms with van der Waals surface area (Å²) >= 11 is 0. The predicted molar refractivity (Wildman–Crippen MR) is 76.7 cm³/mol. The van der Waals surface area contributed by atoms with Crippen molar-refractivity contribution in [2.24, 2.45) is 5.92 Å². The molecule has 2 atom stereocenters. The van der Waals surface area contributed by atoms with Crippen LogP contribution in [0.4, 0.5) is 0 Å². The van der Waals surface area contributed by atoms with Gasteiger partial charge in [0.15, 0.2) is 0 Å². The quantitative estimate of drug-likeness (QED) is 0.750. The van der Waals surface area contributed by atoms with Crippen molar-refractivity contribution in [3.8, 4) is 0 Å². The van der Waals surface area contributed by atoms with E-state index in [1.165, 1.54) is 70.6 Å². The standard InChI is InChI=1S/C16H31NO/c1-2-14-8-7-11-16(12-14,13-18)17-15-9-5-3-4-6-10-15/h14-15,17-18H,2-13H2,1H3. The van der Waals surface area contributed by atoms with E-state index < -0.39 is 0 Å². The Labute approximate surface area is 113 Å². The Kier molecular flexibility index (Phi) is 5.50. The van der Waals surface area contributed by atoms with Gasteiger partial charge in [0, 0.05) is 11.6 Å². The van der Waals surface area contributed by atoms with Crippen molar-refractivity contribution in [1.29, 1.82) is 0 Å². The molecule has 2 nitrogen and oxygen atoms in total. The minimum absolute atomic E-state index is 0.0495. The highest BCUT2D eigenvalue weighted by molar-refractivity contribution is 4.95. The van der Waals surface area contributed by atoms with E-state index in [-0.39, 0.29) is 5.54 Å². The van der Waals surface area contributed by atoms with E-state index in [1.54, 1.807) is 0 Å². The molecule has 0 amide bonds. The highest BCUT2D eigenvalue weighted by Crippen LogP contribution is 2.35. The zero-order valence-corrected chi connectivity index (χ0v) is 12.1. The Bertz CT molecular complexity index is 235. The summed E-state index contributed by atoms with van der Waals surface area (Å²) in [6, 6.07) is 0.662. The fourth-order valence-corrected chi connectivity index (χ4v) is 4.01. The minimum Gasteiger partial charge on any atom is -0.394 e. The molecule has 18 heavy (non-hydrogen) atoms. The van der Waals surface area contributed by atoms with Crippen LogP contribution in [0.2, 0.25) is 0 Å². The SMILES string of the molecule is CCC1CCCC(CO)(NC2CCCCCC2)C1. The van der Waals surface area contributed by atoms with Crippen LogP contribution in [0.1, 0.15) is 77.6 Å². The van der Waals surface area contributed by atoms with Crippen LogP contribution in [0.5, 0.6) is 0 Å². The Morgan fingerprint density at radius 2 is 1.78 bits per heavy atom. The molecular weight excluding hydrogens is 222 g/mol. The second-order valence-electron chi connectivity index (χ2n) is 6.64. The van der Waals surface area contributed by atoms with E-state index in [4.69, 9.17) is 0 Å². The summed E-state index contributed by atoms with van der Waals surface area (Å²) in [5.41, 5.74) is 0.0495. The number of hydrogen-bond donors (Lipinski definition) is 2. The first kappa shape index (κ1) is 14.3. The molecule has 2 aliphatic carbocycles. The molecule has 2 saturated carbocycles. The van der Waals surface area contributed by atoms with Crippen LogP contribution in [-0.4, -0.2) is 23.3 Å². The van der Waals surface area contributed by atoms with Gasteiger partial charge in [0.1, 0.15) is 0 Å². The van der Waals surface area contributed by atoms with Gasteiger partial charge in [-0.05, 0) is 31.6 Å². The van der Waals surface area contributed by atoms with Gasteiger partial charge >= 0.3 is 0 Å². The van der Waals surface area contributed by atoms with Crippen LogP contribution >= 0.6 is 0 Å². The third kappa shape index (κ3) is 3.71. The van der Waals surface area contributed by atoms with E-state index in [0.717, 1.165) is 5.92 Å². The first-order valence-electron chi connectivity index (χ1n) is 8.16. The molecule has 2 rings (SSSR count). The summed E-state index contributed by atoms with van der Waals surface area (Å²) in [6.07, 6.45) is 14.5. The van der Waals surface area contributed by atoms with Crippen molar-refractivity contribution in [3.05, 3.63) is 0 Å². The molecule has 2 unspecified atom stereocenters. The first-order chi connectivity index (χ1) is 8.78. The lowest BCUT2D eigenvalue weighted by atomic mass is 9.74. The summed E-state index contributed by atoms with van der Waals surface area (Å²) in [7, 11) is 0. The molecule has 0 aromatic carbocycles. The fraction of sp³-hybridized carbons (Fsp3) is 1.00. The van der Waals surface area contributed by atoms with Crippen LogP contribution in [0, 0.1) is 5.92 Å². The number of hydrogen-bond acceptors (Lipinski definition) is 2. The second kappa shape index (κ2) is 6.91. The Balaban J connectivity index is 1.93. The van der Waals surface area contributed by atoms with Gasteiger partial charge in [-0.1, -0.05) is 51.9 Å². The topological polar surface area (TPSA) is 32.3 Å². The Morgan fingerprint density at radius 3 is 2.39 bits per heavy atom. The third-order valence-corrected chi connectivity index (χ3v) is 5.19. The van der Waals surface area contributed by atoms with Crippen LogP contribution in [-0.2, 0) is 0 Å². The van der Waals surface area contributed by atoms with Gasteiger partial charge in [0.05, 0.1) is 6.61 Å². The van der Waals surface area contributed by atoms with Crippen molar-refractivity contribution in [3.63, 3.8) is 0 Å². The van der Waals surface area contributed by atoms with Gasteiger partial charge in [0.25, 0.3) is 0 Å². The Hall–Kier alpha value is -0.0800. The maximum absolute atomic E-state index is 9.89.